The summed E-state index contributed by atoms with van der Waals surface area (Å²) in [6.07, 6.45) is 3.72. The number of rotatable bonds is 1. The number of benzene rings is 4. The summed E-state index contributed by atoms with van der Waals surface area (Å²) in [6, 6.07) is 41.1. The lowest BCUT2D eigenvalue weighted by Gasteiger charge is -2.22. The maximum atomic E-state index is 4.86. The first-order valence-corrected chi connectivity index (χ1v) is 12.5. The summed E-state index contributed by atoms with van der Waals surface area (Å²) in [5.74, 6) is 0. The van der Waals surface area contributed by atoms with Crippen LogP contribution in [0.2, 0.25) is 0 Å². The number of hydrogen-bond donors (Lipinski definition) is 0. The van der Waals surface area contributed by atoms with Crippen molar-refractivity contribution in [3.63, 3.8) is 0 Å². The predicted molar refractivity (Wildman–Crippen MR) is 152 cm³/mol. The van der Waals surface area contributed by atoms with Gasteiger partial charge in [0.15, 0.2) is 0 Å². The topological polar surface area (TPSA) is 30.7 Å². The van der Waals surface area contributed by atoms with Crippen LogP contribution >= 0.6 is 0 Å². The van der Waals surface area contributed by atoms with Crippen LogP contribution in [0.5, 0.6) is 0 Å². The second kappa shape index (κ2) is 7.74. The quantitative estimate of drug-likeness (QED) is 0.240. The van der Waals surface area contributed by atoms with Gasteiger partial charge in [-0.3, -0.25) is 9.97 Å². The van der Waals surface area contributed by atoms with Gasteiger partial charge in [-0.15, -0.1) is 0 Å². The Bertz CT molecular complexity index is 1940. The zero-order valence-corrected chi connectivity index (χ0v) is 20.0. The molecule has 172 valence electrons. The van der Waals surface area contributed by atoms with Crippen LogP contribution in [0, 0.1) is 0 Å². The maximum absolute atomic E-state index is 4.86. The van der Waals surface area contributed by atoms with Crippen molar-refractivity contribution in [2.24, 2.45) is 0 Å². The van der Waals surface area contributed by atoms with Gasteiger partial charge in [-0.25, -0.2) is 0 Å². The van der Waals surface area contributed by atoms with Crippen LogP contribution in [0.3, 0.4) is 0 Å². The van der Waals surface area contributed by atoms with E-state index in [2.05, 4.69) is 108 Å². The first-order chi connectivity index (χ1) is 18.4. The number of nitrogens with zero attached hydrogens (tertiary/aromatic N) is 3. The average Bonchev–Trinajstić information content (AvgIpc) is 3.31. The lowest BCUT2D eigenvalue weighted by atomic mass is 9.84. The molecule has 0 spiro atoms. The third kappa shape index (κ3) is 2.88. The van der Waals surface area contributed by atoms with E-state index in [1.807, 2.05) is 24.5 Å². The molecule has 4 aromatic carbocycles. The van der Waals surface area contributed by atoms with Gasteiger partial charge in [0.05, 0.1) is 22.4 Å². The van der Waals surface area contributed by atoms with Crippen LogP contribution in [0.15, 0.2) is 128 Å². The van der Waals surface area contributed by atoms with E-state index in [-0.39, 0.29) is 0 Å². The van der Waals surface area contributed by atoms with Crippen LogP contribution < -0.4 is 0 Å². The third-order valence-corrected chi connectivity index (χ3v) is 7.48. The molecule has 3 aromatic heterocycles. The molecule has 1 aliphatic rings. The number of pyridine rings is 2. The Morgan fingerprint density at radius 1 is 0.405 bits per heavy atom. The summed E-state index contributed by atoms with van der Waals surface area (Å²) in [4.78, 5) is 9.68. The van der Waals surface area contributed by atoms with E-state index in [0.29, 0.717) is 0 Å². The maximum Gasteiger partial charge on any atom is 0.0971 e. The van der Waals surface area contributed by atoms with Crippen LogP contribution in [0.1, 0.15) is 0 Å². The average molecular weight is 472 g/mol. The normalized spacial score (nSPS) is 11.8. The smallest absolute Gasteiger partial charge is 0.0971 e. The fourth-order valence-electron chi connectivity index (χ4n) is 5.91. The van der Waals surface area contributed by atoms with E-state index in [0.717, 1.165) is 33.8 Å². The Hall–Kier alpha value is -5.02. The molecule has 0 bridgehead atoms. The van der Waals surface area contributed by atoms with E-state index in [1.54, 1.807) is 0 Å². The van der Waals surface area contributed by atoms with Crippen LogP contribution in [0.4, 0.5) is 0 Å². The minimum Gasteiger partial charge on any atom is -0.309 e. The Morgan fingerprint density at radius 2 is 0.892 bits per heavy atom. The molecule has 1 aliphatic carbocycles. The summed E-state index contributed by atoms with van der Waals surface area (Å²) in [7, 11) is 0. The van der Waals surface area contributed by atoms with Gasteiger partial charge in [-0.05, 0) is 58.7 Å². The van der Waals surface area contributed by atoms with Crippen molar-refractivity contribution >= 4 is 21.8 Å². The molecule has 3 heterocycles. The van der Waals surface area contributed by atoms with Crippen molar-refractivity contribution in [3.8, 4) is 50.5 Å². The van der Waals surface area contributed by atoms with Crippen molar-refractivity contribution < 1.29 is 0 Å². The molecule has 3 heteroatoms. The Kier molecular flexibility index (Phi) is 4.23. The molecule has 0 amide bonds. The number of aromatic nitrogens is 3. The lowest BCUT2D eigenvalue weighted by Crippen LogP contribution is -2.01. The predicted octanol–water partition coefficient (Wildman–Crippen LogP) is 8.56. The van der Waals surface area contributed by atoms with Crippen molar-refractivity contribution in [2.75, 3.05) is 0 Å². The van der Waals surface area contributed by atoms with E-state index in [4.69, 9.17) is 9.97 Å². The largest absolute Gasteiger partial charge is 0.309 e. The highest BCUT2D eigenvalue weighted by molar-refractivity contribution is 6.09. The van der Waals surface area contributed by atoms with Gasteiger partial charge in [-0.2, -0.15) is 0 Å². The van der Waals surface area contributed by atoms with Crippen LogP contribution in [-0.4, -0.2) is 14.5 Å². The molecule has 7 aromatic rings. The first kappa shape index (κ1) is 20.2. The summed E-state index contributed by atoms with van der Waals surface area (Å²) in [6.45, 7) is 0. The van der Waals surface area contributed by atoms with E-state index < -0.39 is 0 Å². The summed E-state index contributed by atoms with van der Waals surface area (Å²) in [5.41, 5.74) is 12.3. The van der Waals surface area contributed by atoms with E-state index in [9.17, 15) is 0 Å². The minimum absolute atomic E-state index is 0.910. The van der Waals surface area contributed by atoms with E-state index >= 15 is 0 Å². The molecular weight excluding hydrogens is 450 g/mol. The number of hydrogen-bond acceptors (Lipinski definition) is 2. The molecule has 37 heavy (non-hydrogen) atoms. The Morgan fingerprint density at radius 3 is 1.54 bits per heavy atom. The zero-order valence-electron chi connectivity index (χ0n) is 20.0. The van der Waals surface area contributed by atoms with Gasteiger partial charge < -0.3 is 4.57 Å². The first-order valence-electron chi connectivity index (χ1n) is 12.5. The van der Waals surface area contributed by atoms with Gasteiger partial charge in [0.2, 0.25) is 0 Å². The fraction of sp³-hybridized carbons (Fsp3) is 0. The molecule has 0 unspecified atom stereocenters. The van der Waals surface area contributed by atoms with Gasteiger partial charge in [0.25, 0.3) is 0 Å². The number of para-hydroxylation sites is 2. The molecule has 0 saturated carbocycles. The highest BCUT2D eigenvalue weighted by Gasteiger charge is 2.24. The zero-order chi connectivity index (χ0) is 24.3. The lowest BCUT2D eigenvalue weighted by molar-refractivity contribution is 1.18. The molecule has 0 atom stereocenters. The van der Waals surface area contributed by atoms with Gasteiger partial charge in [-0.1, -0.05) is 78.9 Å². The Balaban J connectivity index is 1.49. The second-order valence-corrected chi connectivity index (χ2v) is 9.44. The van der Waals surface area contributed by atoms with Crippen molar-refractivity contribution in [2.45, 2.75) is 0 Å². The molecule has 0 aliphatic heterocycles. The summed E-state index contributed by atoms with van der Waals surface area (Å²) < 4.78 is 2.37. The second-order valence-electron chi connectivity index (χ2n) is 9.44. The number of fused-ring (bicyclic) bond motifs is 11. The minimum atomic E-state index is 0.910. The molecule has 8 rings (SSSR count). The van der Waals surface area contributed by atoms with Gasteiger partial charge in [0.1, 0.15) is 0 Å². The molecule has 0 fully saturated rings. The SMILES string of the molecule is c1ccc2c(c1)-c1ccc(-n3c4ccccc4c4ccccc43)cc1-c1cccnc1-c1ncccc1-2. The summed E-state index contributed by atoms with van der Waals surface area (Å²) >= 11 is 0. The standard InChI is InChI=1S/C34H21N3/c1-2-10-24-23(9-1)25-18-17-22(37-31-15-5-3-11-26(31)27-12-4-6-16-32(27)37)21-30(25)29-14-8-20-36-34(29)33-28(24)13-7-19-35-33/h1-21H. The molecule has 0 radical (unpaired) electrons. The highest BCUT2D eigenvalue weighted by atomic mass is 15.0. The molecule has 0 saturated heterocycles. The monoisotopic (exact) mass is 471 g/mol. The highest BCUT2D eigenvalue weighted by Crippen LogP contribution is 2.47. The van der Waals surface area contributed by atoms with E-state index in [1.165, 1.54) is 38.5 Å². The van der Waals surface area contributed by atoms with Crippen molar-refractivity contribution in [3.05, 3.63) is 128 Å². The van der Waals surface area contributed by atoms with Crippen molar-refractivity contribution in [1.82, 2.24) is 14.5 Å². The van der Waals surface area contributed by atoms with Crippen LogP contribution in [0.25, 0.3) is 72.3 Å². The van der Waals surface area contributed by atoms with Crippen LogP contribution in [-0.2, 0) is 0 Å². The van der Waals surface area contributed by atoms with Crippen molar-refractivity contribution in [1.29, 1.82) is 0 Å². The third-order valence-electron chi connectivity index (χ3n) is 7.48. The fourth-order valence-corrected chi connectivity index (χ4v) is 5.91. The van der Waals surface area contributed by atoms with Gasteiger partial charge >= 0.3 is 0 Å². The summed E-state index contributed by atoms with van der Waals surface area (Å²) in [5, 5.41) is 2.52. The van der Waals surface area contributed by atoms with Gasteiger partial charge in [0, 0.05) is 40.0 Å². The molecular formula is C34H21N3. The molecule has 0 N–H and O–H groups in total. The molecule has 3 nitrogen and oxygen atoms in total. The Labute approximate surface area is 214 Å².